The summed E-state index contributed by atoms with van der Waals surface area (Å²) in [4.78, 5) is 4.94. The van der Waals surface area contributed by atoms with E-state index in [4.69, 9.17) is 4.99 Å². The number of aryl methyl sites for hydroxylation is 1. The normalized spacial score (nSPS) is 12.5. The van der Waals surface area contributed by atoms with Gasteiger partial charge >= 0.3 is 0 Å². The van der Waals surface area contributed by atoms with E-state index >= 15 is 0 Å². The zero-order chi connectivity index (χ0) is 16.0. The maximum atomic E-state index is 4.94. The van der Waals surface area contributed by atoms with E-state index in [2.05, 4.69) is 72.9 Å². The molecular formula is C20H33N. The Balaban J connectivity index is 3.14. The number of rotatable bonds is 7. The van der Waals surface area contributed by atoms with Crippen LogP contribution < -0.4 is 0 Å². The SMILES string of the molecule is CCc1cccc(CC(C)C)c1C=NC(C(C)C)C(C)C. The van der Waals surface area contributed by atoms with Crippen LogP contribution in [-0.2, 0) is 12.8 Å². The second-order valence-electron chi connectivity index (χ2n) is 7.20. The lowest BCUT2D eigenvalue weighted by atomic mass is 9.92. The van der Waals surface area contributed by atoms with E-state index < -0.39 is 0 Å². The summed E-state index contributed by atoms with van der Waals surface area (Å²) >= 11 is 0. The zero-order valence-electron chi connectivity index (χ0n) is 15.0. The van der Waals surface area contributed by atoms with Gasteiger partial charge in [0.1, 0.15) is 0 Å². The highest BCUT2D eigenvalue weighted by Crippen LogP contribution is 2.20. The van der Waals surface area contributed by atoms with Gasteiger partial charge in [-0.1, -0.05) is 66.7 Å². The molecule has 0 unspecified atom stereocenters. The Morgan fingerprint density at radius 3 is 2.00 bits per heavy atom. The van der Waals surface area contributed by atoms with Crippen LogP contribution in [0.25, 0.3) is 0 Å². The average molecular weight is 287 g/mol. The Bertz CT molecular complexity index is 447. The fourth-order valence-corrected chi connectivity index (χ4v) is 3.03. The number of hydrogen-bond donors (Lipinski definition) is 0. The van der Waals surface area contributed by atoms with Crippen LogP contribution in [0.3, 0.4) is 0 Å². The van der Waals surface area contributed by atoms with Gasteiger partial charge in [-0.2, -0.15) is 0 Å². The van der Waals surface area contributed by atoms with Crippen LogP contribution in [0, 0.1) is 17.8 Å². The van der Waals surface area contributed by atoms with E-state index in [1.165, 1.54) is 16.7 Å². The molecule has 0 heterocycles. The molecule has 0 fully saturated rings. The summed E-state index contributed by atoms with van der Waals surface area (Å²) in [5.74, 6) is 1.85. The molecule has 0 aliphatic heterocycles. The highest BCUT2D eigenvalue weighted by atomic mass is 14.8. The van der Waals surface area contributed by atoms with Crippen molar-refractivity contribution in [2.45, 2.75) is 67.3 Å². The summed E-state index contributed by atoms with van der Waals surface area (Å²) in [5.41, 5.74) is 4.22. The lowest BCUT2D eigenvalue weighted by molar-refractivity contribution is 0.390. The maximum absolute atomic E-state index is 4.94. The Morgan fingerprint density at radius 2 is 1.52 bits per heavy atom. The molecule has 1 rings (SSSR count). The van der Waals surface area contributed by atoms with E-state index in [1.807, 2.05) is 0 Å². The molecule has 1 heteroatoms. The summed E-state index contributed by atoms with van der Waals surface area (Å²) in [6, 6.07) is 7.10. The number of benzene rings is 1. The molecule has 1 aromatic rings. The minimum atomic E-state index is 0.404. The molecule has 0 aromatic heterocycles. The molecule has 1 aromatic carbocycles. The fourth-order valence-electron chi connectivity index (χ4n) is 3.03. The van der Waals surface area contributed by atoms with E-state index in [-0.39, 0.29) is 0 Å². The summed E-state index contributed by atoms with van der Waals surface area (Å²) < 4.78 is 0. The minimum Gasteiger partial charge on any atom is -0.289 e. The maximum Gasteiger partial charge on any atom is 0.0545 e. The quantitative estimate of drug-likeness (QED) is 0.583. The van der Waals surface area contributed by atoms with Gasteiger partial charge in [-0.05, 0) is 47.3 Å². The van der Waals surface area contributed by atoms with Crippen molar-refractivity contribution in [2.75, 3.05) is 0 Å². The second kappa shape index (κ2) is 8.36. The summed E-state index contributed by atoms with van der Waals surface area (Å²) in [7, 11) is 0. The lowest BCUT2D eigenvalue weighted by Gasteiger charge is -2.21. The van der Waals surface area contributed by atoms with E-state index in [9.17, 15) is 0 Å². The van der Waals surface area contributed by atoms with Gasteiger partial charge in [0.25, 0.3) is 0 Å². The first-order valence-corrected chi connectivity index (χ1v) is 8.50. The van der Waals surface area contributed by atoms with E-state index in [1.54, 1.807) is 0 Å². The Labute approximate surface area is 131 Å². The van der Waals surface area contributed by atoms with Crippen molar-refractivity contribution < 1.29 is 0 Å². The van der Waals surface area contributed by atoms with Crippen LogP contribution in [0.15, 0.2) is 23.2 Å². The molecule has 0 saturated heterocycles. The molecule has 0 aliphatic carbocycles. The molecule has 0 amide bonds. The second-order valence-corrected chi connectivity index (χ2v) is 7.20. The number of nitrogens with zero attached hydrogens (tertiary/aromatic N) is 1. The third kappa shape index (κ3) is 5.30. The fraction of sp³-hybridized carbons (Fsp3) is 0.650. The largest absolute Gasteiger partial charge is 0.289 e. The average Bonchev–Trinajstić information content (AvgIpc) is 2.38. The monoisotopic (exact) mass is 287 g/mol. The van der Waals surface area contributed by atoms with Gasteiger partial charge < -0.3 is 0 Å². The van der Waals surface area contributed by atoms with Crippen LogP contribution in [0.5, 0.6) is 0 Å². The Hall–Kier alpha value is -1.11. The summed E-state index contributed by atoms with van der Waals surface area (Å²) in [6.07, 6.45) is 4.35. The molecule has 0 bridgehead atoms. The molecule has 1 nitrogen and oxygen atoms in total. The predicted octanol–water partition coefficient (Wildman–Crippen LogP) is 5.55. The third-order valence-electron chi connectivity index (χ3n) is 4.04. The van der Waals surface area contributed by atoms with Crippen LogP contribution in [0.2, 0.25) is 0 Å². The van der Waals surface area contributed by atoms with Gasteiger partial charge in [0.2, 0.25) is 0 Å². The Kier molecular flexibility index (Phi) is 7.14. The van der Waals surface area contributed by atoms with Gasteiger partial charge in [0, 0.05) is 6.21 Å². The smallest absolute Gasteiger partial charge is 0.0545 e. The van der Waals surface area contributed by atoms with Gasteiger partial charge in [-0.15, -0.1) is 0 Å². The summed E-state index contributed by atoms with van der Waals surface area (Å²) in [5, 5.41) is 0. The molecule has 0 saturated carbocycles. The first-order valence-electron chi connectivity index (χ1n) is 8.50. The lowest BCUT2D eigenvalue weighted by Crippen LogP contribution is -2.20. The van der Waals surface area contributed by atoms with Crippen molar-refractivity contribution >= 4 is 6.21 Å². The molecule has 0 atom stereocenters. The first-order chi connectivity index (χ1) is 9.86. The van der Waals surface area contributed by atoms with E-state index in [0.29, 0.717) is 23.8 Å². The molecule has 118 valence electrons. The van der Waals surface area contributed by atoms with Crippen LogP contribution >= 0.6 is 0 Å². The van der Waals surface area contributed by atoms with Crippen LogP contribution in [0.4, 0.5) is 0 Å². The van der Waals surface area contributed by atoms with Crippen molar-refractivity contribution in [3.8, 4) is 0 Å². The topological polar surface area (TPSA) is 12.4 Å². The number of aliphatic imine (C=N–C) groups is 1. The van der Waals surface area contributed by atoms with E-state index in [0.717, 1.165) is 12.8 Å². The van der Waals surface area contributed by atoms with Crippen LogP contribution in [0.1, 0.15) is 65.2 Å². The Morgan fingerprint density at radius 1 is 0.952 bits per heavy atom. The van der Waals surface area contributed by atoms with Gasteiger partial charge in [-0.25, -0.2) is 0 Å². The predicted molar refractivity (Wildman–Crippen MR) is 95.4 cm³/mol. The van der Waals surface area contributed by atoms with Gasteiger partial charge in [0.15, 0.2) is 0 Å². The third-order valence-corrected chi connectivity index (χ3v) is 4.04. The van der Waals surface area contributed by atoms with Crippen molar-refractivity contribution in [3.05, 3.63) is 34.9 Å². The van der Waals surface area contributed by atoms with Crippen molar-refractivity contribution in [3.63, 3.8) is 0 Å². The van der Waals surface area contributed by atoms with Crippen molar-refractivity contribution in [2.24, 2.45) is 22.7 Å². The van der Waals surface area contributed by atoms with Gasteiger partial charge in [0.05, 0.1) is 6.04 Å². The highest BCUT2D eigenvalue weighted by molar-refractivity contribution is 5.84. The highest BCUT2D eigenvalue weighted by Gasteiger charge is 2.16. The van der Waals surface area contributed by atoms with Crippen molar-refractivity contribution in [1.29, 1.82) is 0 Å². The van der Waals surface area contributed by atoms with Crippen molar-refractivity contribution in [1.82, 2.24) is 0 Å². The minimum absolute atomic E-state index is 0.404. The zero-order valence-corrected chi connectivity index (χ0v) is 15.0. The van der Waals surface area contributed by atoms with Gasteiger partial charge in [-0.3, -0.25) is 4.99 Å². The molecule has 0 radical (unpaired) electrons. The first kappa shape index (κ1) is 17.9. The molecule has 0 spiro atoms. The summed E-state index contributed by atoms with van der Waals surface area (Å²) in [6.45, 7) is 15.9. The van der Waals surface area contributed by atoms with Crippen LogP contribution in [-0.4, -0.2) is 12.3 Å². The molecule has 0 N–H and O–H groups in total. The molecule has 0 aliphatic rings. The molecule has 21 heavy (non-hydrogen) atoms. The molecular weight excluding hydrogens is 254 g/mol. The standard InChI is InChI=1S/C20H33N/c1-8-17-10-9-11-18(12-14(2)3)19(17)13-21-20(15(4)5)16(6)7/h9-11,13-16,20H,8,12H2,1-7H3. The number of hydrogen-bond acceptors (Lipinski definition) is 1.